The summed E-state index contributed by atoms with van der Waals surface area (Å²) in [5.74, 6) is 0.972. The van der Waals surface area contributed by atoms with E-state index in [1.165, 1.54) is 11.9 Å². The number of imide groups is 1. The summed E-state index contributed by atoms with van der Waals surface area (Å²) < 4.78 is 7.39. The second-order valence-electron chi connectivity index (χ2n) is 7.14. The first-order valence-electron chi connectivity index (χ1n) is 9.27. The van der Waals surface area contributed by atoms with Crippen molar-refractivity contribution in [1.82, 2.24) is 14.7 Å². The second kappa shape index (κ2) is 7.62. The molecule has 28 heavy (non-hydrogen) atoms. The van der Waals surface area contributed by atoms with Gasteiger partial charge in [-0.1, -0.05) is 29.8 Å². The van der Waals surface area contributed by atoms with E-state index in [1.807, 2.05) is 28.8 Å². The molecule has 3 heterocycles. The summed E-state index contributed by atoms with van der Waals surface area (Å²) in [6.07, 6.45) is 0. The Balaban J connectivity index is 1.72. The molecule has 3 amide bonds. The molecule has 0 bridgehead atoms. The highest BCUT2D eigenvalue weighted by molar-refractivity contribution is 6.31. The molecule has 1 aromatic rings. The van der Waals surface area contributed by atoms with E-state index in [2.05, 4.69) is 4.90 Å². The maximum atomic E-state index is 13.0. The van der Waals surface area contributed by atoms with Crippen LogP contribution >= 0.6 is 11.6 Å². The van der Waals surface area contributed by atoms with Crippen LogP contribution in [0.15, 0.2) is 29.3 Å². The Labute approximate surface area is 168 Å². The van der Waals surface area contributed by atoms with E-state index in [0.29, 0.717) is 37.2 Å². The monoisotopic (exact) mass is 404 g/mol. The van der Waals surface area contributed by atoms with Gasteiger partial charge in [-0.15, -0.1) is 0 Å². The number of amidine groups is 2. The minimum absolute atomic E-state index is 0.272. The molecule has 4 rings (SSSR count). The molecule has 0 aromatic heterocycles. The third-order valence-corrected chi connectivity index (χ3v) is 5.75. The molecule has 0 saturated carbocycles. The van der Waals surface area contributed by atoms with Crippen molar-refractivity contribution >= 4 is 35.2 Å². The normalized spacial score (nSPS) is 23.4. The van der Waals surface area contributed by atoms with E-state index >= 15 is 0 Å². The number of amides is 3. The molecule has 0 aliphatic carbocycles. The molecule has 3 aliphatic heterocycles. The van der Waals surface area contributed by atoms with Gasteiger partial charge >= 0.3 is 11.9 Å². The van der Waals surface area contributed by atoms with Gasteiger partial charge in [0.1, 0.15) is 13.1 Å². The first-order chi connectivity index (χ1) is 13.5. The molecular formula is C19H23ClN5O3+. The van der Waals surface area contributed by atoms with Crippen LogP contribution in [0.2, 0.25) is 5.02 Å². The van der Waals surface area contributed by atoms with Gasteiger partial charge in [-0.3, -0.25) is 19.5 Å². The fourth-order valence-corrected chi connectivity index (χ4v) is 3.92. The van der Waals surface area contributed by atoms with Crippen molar-refractivity contribution in [1.29, 1.82) is 0 Å². The summed E-state index contributed by atoms with van der Waals surface area (Å²) in [7, 11) is 3.16. The number of morpholine rings is 1. The van der Waals surface area contributed by atoms with Crippen LogP contribution in [0.4, 0.5) is 4.79 Å². The molecular weight excluding hydrogens is 382 g/mol. The van der Waals surface area contributed by atoms with Gasteiger partial charge in [0.15, 0.2) is 0 Å². The topological polar surface area (TPSA) is 68.5 Å². The van der Waals surface area contributed by atoms with Gasteiger partial charge < -0.3 is 4.74 Å². The number of fused-ring (bicyclic) bond motifs is 1. The Morgan fingerprint density at radius 2 is 1.89 bits per heavy atom. The van der Waals surface area contributed by atoms with Crippen LogP contribution in [-0.4, -0.2) is 95.9 Å². The predicted molar refractivity (Wildman–Crippen MR) is 105 cm³/mol. The van der Waals surface area contributed by atoms with Crippen LogP contribution < -0.4 is 0 Å². The Hall–Kier alpha value is -2.29. The average Bonchev–Trinajstić information content (AvgIpc) is 3.05. The number of carbonyl (C=O) groups excluding carboxylic acids is 2. The van der Waals surface area contributed by atoms with E-state index in [9.17, 15) is 9.59 Å². The van der Waals surface area contributed by atoms with Gasteiger partial charge in [0.05, 0.1) is 13.2 Å². The zero-order chi connectivity index (χ0) is 19.8. The lowest BCUT2D eigenvalue weighted by Gasteiger charge is -2.30. The van der Waals surface area contributed by atoms with E-state index in [4.69, 9.17) is 21.3 Å². The summed E-state index contributed by atoms with van der Waals surface area (Å²) in [6.45, 7) is 4.00. The number of hydrogen-bond acceptors (Lipinski definition) is 5. The lowest BCUT2D eigenvalue weighted by molar-refractivity contribution is -0.552. The van der Waals surface area contributed by atoms with Crippen molar-refractivity contribution in [3.05, 3.63) is 34.9 Å². The second-order valence-corrected chi connectivity index (χ2v) is 7.54. The van der Waals surface area contributed by atoms with Crippen LogP contribution in [-0.2, 0) is 16.1 Å². The molecule has 2 fully saturated rings. The lowest BCUT2D eigenvalue weighted by atomic mass is 10.1. The molecule has 0 spiro atoms. The van der Waals surface area contributed by atoms with E-state index in [1.54, 1.807) is 7.05 Å². The number of rotatable bonds is 4. The molecule has 2 saturated heterocycles. The summed E-state index contributed by atoms with van der Waals surface area (Å²) >= 11 is 6.37. The fourth-order valence-electron chi connectivity index (χ4n) is 3.73. The maximum absolute atomic E-state index is 13.0. The molecule has 3 aliphatic rings. The maximum Gasteiger partial charge on any atom is 0.333 e. The van der Waals surface area contributed by atoms with Crippen LogP contribution in [0.3, 0.4) is 0 Å². The zero-order valence-corrected chi connectivity index (χ0v) is 16.7. The predicted octanol–water partition coefficient (Wildman–Crippen LogP) is 0.888. The SMILES string of the molecule is CN1C(=O)C2C(=NC(CN3CCOCC3)=[N+]2Cc2ccccc2Cl)N(C)C1=O. The van der Waals surface area contributed by atoms with Crippen molar-refractivity contribution in [3.8, 4) is 0 Å². The molecule has 0 radical (unpaired) electrons. The summed E-state index contributed by atoms with van der Waals surface area (Å²) in [6, 6.07) is 6.58. The zero-order valence-electron chi connectivity index (χ0n) is 16.0. The van der Waals surface area contributed by atoms with Crippen molar-refractivity contribution in [2.45, 2.75) is 12.6 Å². The number of ether oxygens (including phenoxy) is 1. The molecule has 1 aromatic carbocycles. The largest absolute Gasteiger partial charge is 0.379 e. The fraction of sp³-hybridized carbons (Fsp3) is 0.474. The van der Waals surface area contributed by atoms with Gasteiger partial charge in [-0.25, -0.2) is 9.37 Å². The first kappa shape index (κ1) is 19.0. The average molecular weight is 405 g/mol. The highest BCUT2D eigenvalue weighted by Gasteiger charge is 2.53. The van der Waals surface area contributed by atoms with E-state index < -0.39 is 6.04 Å². The number of hydrogen-bond donors (Lipinski definition) is 0. The number of likely N-dealkylation sites (N-methyl/N-ethyl adjacent to an activating group) is 2. The third-order valence-electron chi connectivity index (χ3n) is 5.38. The third kappa shape index (κ3) is 3.32. The van der Waals surface area contributed by atoms with E-state index in [-0.39, 0.29) is 11.9 Å². The van der Waals surface area contributed by atoms with Crippen molar-refractivity contribution in [3.63, 3.8) is 0 Å². The molecule has 8 nitrogen and oxygen atoms in total. The molecule has 0 N–H and O–H groups in total. The number of halogens is 1. The van der Waals surface area contributed by atoms with Crippen molar-refractivity contribution in [2.75, 3.05) is 46.9 Å². The van der Waals surface area contributed by atoms with E-state index in [0.717, 1.165) is 29.4 Å². The Bertz CT molecular complexity index is 878. The quantitative estimate of drug-likeness (QED) is 0.699. The van der Waals surface area contributed by atoms with Crippen LogP contribution in [0.25, 0.3) is 0 Å². The van der Waals surface area contributed by atoms with Crippen molar-refractivity contribution in [2.24, 2.45) is 4.99 Å². The Kier molecular flexibility index (Phi) is 5.18. The summed E-state index contributed by atoms with van der Waals surface area (Å²) in [4.78, 5) is 34.9. The molecule has 1 atom stereocenters. The van der Waals surface area contributed by atoms with Gasteiger partial charge in [0.25, 0.3) is 17.8 Å². The van der Waals surface area contributed by atoms with Gasteiger partial charge in [0, 0.05) is 37.8 Å². The van der Waals surface area contributed by atoms with Crippen LogP contribution in [0.1, 0.15) is 5.56 Å². The lowest BCUT2D eigenvalue weighted by Crippen LogP contribution is -2.61. The molecule has 1 unspecified atom stereocenters. The standard InChI is InChI=1S/C19H23ClN5O3/c1-22-17-16(18(26)23(2)19(22)27)25(11-13-5-3-4-6-14(13)20)15(21-17)12-24-7-9-28-10-8-24/h3-6,16H,7-12H2,1-2H3/q+1. The van der Waals surface area contributed by atoms with Gasteiger partial charge in [-0.05, 0) is 11.1 Å². The Morgan fingerprint density at radius 3 is 2.61 bits per heavy atom. The Morgan fingerprint density at radius 1 is 1.18 bits per heavy atom. The minimum atomic E-state index is -0.625. The highest BCUT2D eigenvalue weighted by atomic mass is 35.5. The van der Waals surface area contributed by atoms with Gasteiger partial charge in [-0.2, -0.15) is 0 Å². The van der Waals surface area contributed by atoms with Crippen molar-refractivity contribution < 1.29 is 18.9 Å². The minimum Gasteiger partial charge on any atom is -0.379 e. The number of urea groups is 1. The number of aliphatic imine (C=N–C) groups is 1. The number of carbonyl (C=O) groups is 2. The molecule has 9 heteroatoms. The first-order valence-corrected chi connectivity index (χ1v) is 9.65. The summed E-state index contributed by atoms with van der Waals surface area (Å²) in [5.41, 5.74) is 0.912. The van der Waals surface area contributed by atoms with Crippen LogP contribution in [0, 0.1) is 0 Å². The number of benzene rings is 1. The number of nitrogens with zero attached hydrogens (tertiary/aromatic N) is 5. The van der Waals surface area contributed by atoms with Gasteiger partial charge in [0.2, 0.25) is 0 Å². The molecule has 148 valence electrons. The van der Waals surface area contributed by atoms with Crippen LogP contribution in [0.5, 0.6) is 0 Å². The summed E-state index contributed by atoms with van der Waals surface area (Å²) in [5, 5.41) is 0.641. The smallest absolute Gasteiger partial charge is 0.333 e. The highest BCUT2D eigenvalue weighted by Crippen LogP contribution is 2.23.